The molecule has 0 aliphatic carbocycles. The van der Waals surface area contributed by atoms with Gasteiger partial charge in [-0.2, -0.15) is 8.78 Å². The summed E-state index contributed by atoms with van der Waals surface area (Å²) in [6.45, 7) is -1.62. The lowest BCUT2D eigenvalue weighted by Gasteiger charge is -2.16. The number of nitrogens with zero attached hydrogens (tertiary/aromatic N) is 1. The molecule has 0 bridgehead atoms. The highest BCUT2D eigenvalue weighted by Crippen LogP contribution is 2.25. The fourth-order valence-electron chi connectivity index (χ4n) is 1.07. The van der Waals surface area contributed by atoms with Crippen LogP contribution in [0, 0.1) is 0 Å². The molecule has 0 unspecified atom stereocenters. The SMILES string of the molecule is COC(=O)c1cc(N)cnc1OCC(F)(F)C(F)F. The maximum Gasteiger partial charge on any atom is 0.343 e. The molecule has 2 N–H and O–H groups in total. The second kappa shape index (κ2) is 5.72. The van der Waals surface area contributed by atoms with Gasteiger partial charge < -0.3 is 15.2 Å². The van der Waals surface area contributed by atoms with Crippen LogP contribution >= 0.6 is 0 Å². The molecule has 19 heavy (non-hydrogen) atoms. The van der Waals surface area contributed by atoms with Crippen LogP contribution in [0.4, 0.5) is 23.2 Å². The van der Waals surface area contributed by atoms with Gasteiger partial charge >= 0.3 is 18.3 Å². The van der Waals surface area contributed by atoms with Gasteiger partial charge in [-0.3, -0.25) is 0 Å². The third-order valence-electron chi connectivity index (χ3n) is 2.00. The fraction of sp³-hybridized carbons (Fsp3) is 0.400. The summed E-state index contributed by atoms with van der Waals surface area (Å²) in [5, 5.41) is 0. The number of ether oxygens (including phenoxy) is 2. The van der Waals surface area contributed by atoms with Gasteiger partial charge in [0.2, 0.25) is 5.88 Å². The molecule has 5 nitrogen and oxygen atoms in total. The lowest BCUT2D eigenvalue weighted by Crippen LogP contribution is -2.34. The Kier molecular flexibility index (Phi) is 4.52. The smallest absolute Gasteiger partial charge is 0.343 e. The fourth-order valence-corrected chi connectivity index (χ4v) is 1.07. The molecule has 0 amide bonds. The molecule has 1 aromatic rings. The van der Waals surface area contributed by atoms with E-state index in [0.29, 0.717) is 0 Å². The van der Waals surface area contributed by atoms with Gasteiger partial charge in [-0.25, -0.2) is 18.6 Å². The summed E-state index contributed by atoms with van der Waals surface area (Å²) < 4.78 is 58.1. The van der Waals surface area contributed by atoms with Gasteiger partial charge in [0, 0.05) is 0 Å². The Morgan fingerprint density at radius 3 is 2.68 bits per heavy atom. The number of methoxy groups -OCH3 is 1. The first-order valence-corrected chi connectivity index (χ1v) is 4.90. The third kappa shape index (κ3) is 3.70. The first-order chi connectivity index (χ1) is 8.77. The Balaban J connectivity index is 2.92. The largest absolute Gasteiger partial charge is 0.470 e. The molecule has 106 valence electrons. The van der Waals surface area contributed by atoms with Crippen molar-refractivity contribution in [3.63, 3.8) is 0 Å². The Morgan fingerprint density at radius 2 is 2.16 bits per heavy atom. The van der Waals surface area contributed by atoms with Crippen LogP contribution in [0.3, 0.4) is 0 Å². The quantitative estimate of drug-likeness (QED) is 0.657. The molecule has 0 aliphatic heterocycles. The number of hydrogen-bond acceptors (Lipinski definition) is 5. The number of nitrogen functional groups attached to an aromatic ring is 1. The summed E-state index contributed by atoms with van der Waals surface area (Å²) in [4.78, 5) is 14.8. The maximum absolute atomic E-state index is 12.7. The standard InChI is InChI=1S/C10H10F4N2O3/c1-18-8(17)6-2-5(15)3-16-7(6)19-4-10(13,14)9(11)12/h2-3,9H,4,15H2,1H3. The average molecular weight is 282 g/mol. The number of halogens is 4. The van der Waals surface area contributed by atoms with Crippen molar-refractivity contribution < 1.29 is 31.8 Å². The van der Waals surface area contributed by atoms with Gasteiger partial charge in [-0.15, -0.1) is 0 Å². The molecular weight excluding hydrogens is 272 g/mol. The minimum absolute atomic E-state index is 0.0633. The molecule has 9 heteroatoms. The van der Waals surface area contributed by atoms with Crippen LogP contribution in [0.1, 0.15) is 10.4 Å². The van der Waals surface area contributed by atoms with Gasteiger partial charge in [-0.05, 0) is 6.07 Å². The molecular formula is C10H10F4N2O3. The van der Waals surface area contributed by atoms with Crippen molar-refractivity contribution in [2.75, 3.05) is 19.5 Å². The van der Waals surface area contributed by atoms with Crippen LogP contribution < -0.4 is 10.5 Å². The van der Waals surface area contributed by atoms with Crippen LogP contribution in [0.5, 0.6) is 5.88 Å². The Bertz CT molecular complexity index is 468. The van der Waals surface area contributed by atoms with Crippen molar-refractivity contribution in [1.82, 2.24) is 4.98 Å². The Labute approximate surface area is 105 Å². The van der Waals surface area contributed by atoms with Gasteiger partial charge in [0.25, 0.3) is 0 Å². The zero-order valence-electron chi connectivity index (χ0n) is 9.70. The second-order valence-corrected chi connectivity index (χ2v) is 3.46. The van der Waals surface area contributed by atoms with Crippen molar-refractivity contribution in [1.29, 1.82) is 0 Å². The lowest BCUT2D eigenvalue weighted by molar-refractivity contribution is -0.148. The summed E-state index contributed by atoms with van der Waals surface area (Å²) in [7, 11) is 1.04. The van der Waals surface area contributed by atoms with E-state index in [-0.39, 0.29) is 11.3 Å². The Morgan fingerprint density at radius 1 is 1.53 bits per heavy atom. The van der Waals surface area contributed by atoms with Crippen LogP contribution in [0.2, 0.25) is 0 Å². The summed E-state index contributed by atoms with van der Waals surface area (Å²) in [6, 6.07) is 1.08. The van der Waals surface area contributed by atoms with E-state index in [4.69, 9.17) is 5.73 Å². The predicted molar refractivity (Wildman–Crippen MR) is 56.4 cm³/mol. The Hall–Kier alpha value is -2.06. The zero-order chi connectivity index (χ0) is 14.6. The molecule has 1 aromatic heterocycles. The van der Waals surface area contributed by atoms with E-state index >= 15 is 0 Å². The van der Waals surface area contributed by atoms with Gasteiger partial charge in [0.1, 0.15) is 5.56 Å². The lowest BCUT2D eigenvalue weighted by atomic mass is 10.2. The summed E-state index contributed by atoms with van der Waals surface area (Å²) in [5.41, 5.74) is 5.09. The monoisotopic (exact) mass is 282 g/mol. The molecule has 0 fully saturated rings. The molecule has 0 saturated carbocycles. The summed E-state index contributed by atoms with van der Waals surface area (Å²) in [6.07, 6.45) is -2.86. The highest BCUT2D eigenvalue weighted by atomic mass is 19.3. The number of carbonyl (C=O) groups excluding carboxylic acids is 1. The first-order valence-electron chi connectivity index (χ1n) is 4.90. The maximum atomic E-state index is 12.7. The average Bonchev–Trinajstić information content (AvgIpc) is 2.36. The number of alkyl halides is 4. The number of anilines is 1. The highest BCUT2D eigenvalue weighted by Gasteiger charge is 2.42. The molecule has 1 rings (SSSR count). The minimum atomic E-state index is -4.35. The van der Waals surface area contributed by atoms with E-state index in [1.165, 1.54) is 0 Å². The molecule has 0 atom stereocenters. The topological polar surface area (TPSA) is 74.4 Å². The van der Waals surface area contributed by atoms with Crippen molar-refractivity contribution in [3.8, 4) is 5.88 Å². The predicted octanol–water partition coefficient (Wildman–Crippen LogP) is 1.73. The molecule has 0 spiro atoms. The normalized spacial score (nSPS) is 11.5. The van der Waals surface area contributed by atoms with Crippen LogP contribution in [0.25, 0.3) is 0 Å². The van der Waals surface area contributed by atoms with E-state index < -0.39 is 30.8 Å². The number of aromatic nitrogens is 1. The van der Waals surface area contributed by atoms with Gasteiger partial charge in [-0.1, -0.05) is 0 Å². The number of nitrogens with two attached hydrogens (primary N) is 1. The molecule has 0 aromatic carbocycles. The minimum Gasteiger partial charge on any atom is -0.470 e. The first kappa shape index (κ1) is 15.0. The van der Waals surface area contributed by atoms with Crippen molar-refractivity contribution >= 4 is 11.7 Å². The number of esters is 1. The molecule has 1 heterocycles. The second-order valence-electron chi connectivity index (χ2n) is 3.46. The summed E-state index contributed by atoms with van der Waals surface area (Å²) >= 11 is 0. The third-order valence-corrected chi connectivity index (χ3v) is 2.00. The molecule has 0 saturated heterocycles. The highest BCUT2D eigenvalue weighted by molar-refractivity contribution is 5.92. The number of carbonyl (C=O) groups is 1. The molecule has 0 radical (unpaired) electrons. The van der Waals surface area contributed by atoms with Crippen molar-refractivity contribution in [2.45, 2.75) is 12.3 Å². The van der Waals surface area contributed by atoms with Crippen LogP contribution in [-0.2, 0) is 4.74 Å². The van der Waals surface area contributed by atoms with E-state index in [0.717, 1.165) is 19.4 Å². The van der Waals surface area contributed by atoms with Crippen LogP contribution in [0.15, 0.2) is 12.3 Å². The van der Waals surface area contributed by atoms with E-state index in [1.807, 2.05) is 0 Å². The van der Waals surface area contributed by atoms with Gasteiger partial charge in [0.15, 0.2) is 6.61 Å². The van der Waals surface area contributed by atoms with Gasteiger partial charge in [0.05, 0.1) is 19.0 Å². The van der Waals surface area contributed by atoms with E-state index in [9.17, 15) is 22.4 Å². The number of hydrogen-bond donors (Lipinski definition) is 1. The zero-order valence-corrected chi connectivity index (χ0v) is 9.70. The van der Waals surface area contributed by atoms with E-state index in [1.54, 1.807) is 0 Å². The number of pyridine rings is 1. The van der Waals surface area contributed by atoms with Crippen molar-refractivity contribution in [2.24, 2.45) is 0 Å². The van der Waals surface area contributed by atoms with Crippen LogP contribution in [-0.4, -0.2) is 37.0 Å². The van der Waals surface area contributed by atoms with E-state index in [2.05, 4.69) is 14.5 Å². The number of rotatable bonds is 5. The van der Waals surface area contributed by atoms with Crippen molar-refractivity contribution in [3.05, 3.63) is 17.8 Å². The molecule has 0 aliphatic rings. The summed E-state index contributed by atoms with van der Waals surface area (Å²) in [5.74, 6) is -5.84.